The summed E-state index contributed by atoms with van der Waals surface area (Å²) in [7, 11) is 0. The molecule has 0 bridgehead atoms. The lowest BCUT2D eigenvalue weighted by Crippen LogP contribution is -2.01. The van der Waals surface area contributed by atoms with E-state index in [1.54, 1.807) is 18.2 Å². The highest BCUT2D eigenvalue weighted by atomic mass is 79.9. The first-order valence-electron chi connectivity index (χ1n) is 4.40. The standard InChI is InChI=1S/C11H7Br2NOS/c12-7-1-6(2-8(14)3-7)11(15)9-4-16-5-10(9)13/h1-5H,14H2. The number of carbonyl (C=O) groups excluding carboxylic acids is 1. The number of rotatable bonds is 2. The number of halogens is 2. The summed E-state index contributed by atoms with van der Waals surface area (Å²) in [4.78, 5) is 12.1. The fourth-order valence-electron chi connectivity index (χ4n) is 1.34. The second-order valence-electron chi connectivity index (χ2n) is 3.24. The molecule has 82 valence electrons. The summed E-state index contributed by atoms with van der Waals surface area (Å²) in [6.45, 7) is 0. The first-order chi connectivity index (χ1) is 7.58. The first-order valence-corrected chi connectivity index (χ1v) is 6.93. The normalized spacial score (nSPS) is 10.4. The van der Waals surface area contributed by atoms with Crippen LogP contribution < -0.4 is 5.73 Å². The molecule has 2 aromatic rings. The monoisotopic (exact) mass is 359 g/mol. The smallest absolute Gasteiger partial charge is 0.195 e. The molecule has 0 amide bonds. The van der Waals surface area contributed by atoms with Crippen LogP contribution in [0.3, 0.4) is 0 Å². The van der Waals surface area contributed by atoms with E-state index in [2.05, 4.69) is 31.9 Å². The number of anilines is 1. The minimum absolute atomic E-state index is 0.0267. The summed E-state index contributed by atoms with van der Waals surface area (Å²) in [5.74, 6) is -0.0267. The molecule has 0 saturated carbocycles. The van der Waals surface area contributed by atoms with Crippen LogP contribution in [0, 0.1) is 0 Å². The van der Waals surface area contributed by atoms with Crippen LogP contribution in [0.15, 0.2) is 37.9 Å². The predicted octanol–water partition coefficient (Wildman–Crippen LogP) is 4.09. The molecule has 1 heterocycles. The number of ketones is 1. The minimum Gasteiger partial charge on any atom is -0.399 e. The van der Waals surface area contributed by atoms with Gasteiger partial charge in [0.25, 0.3) is 0 Å². The molecule has 1 aromatic carbocycles. The summed E-state index contributed by atoms with van der Waals surface area (Å²) >= 11 is 8.16. The van der Waals surface area contributed by atoms with Gasteiger partial charge in [-0.25, -0.2) is 0 Å². The molecule has 0 aliphatic heterocycles. The maximum Gasteiger partial charge on any atom is 0.195 e. The van der Waals surface area contributed by atoms with Crippen molar-refractivity contribution in [2.75, 3.05) is 5.73 Å². The van der Waals surface area contributed by atoms with E-state index in [0.717, 1.165) is 8.95 Å². The first kappa shape index (κ1) is 11.8. The van der Waals surface area contributed by atoms with Gasteiger partial charge in [-0.05, 0) is 34.1 Å². The van der Waals surface area contributed by atoms with Gasteiger partial charge < -0.3 is 5.73 Å². The van der Waals surface area contributed by atoms with Crippen LogP contribution in [0.1, 0.15) is 15.9 Å². The summed E-state index contributed by atoms with van der Waals surface area (Å²) in [6.07, 6.45) is 0. The quantitative estimate of drug-likeness (QED) is 0.647. The van der Waals surface area contributed by atoms with Gasteiger partial charge in [-0.2, -0.15) is 11.3 Å². The van der Waals surface area contributed by atoms with E-state index < -0.39 is 0 Å². The van der Waals surface area contributed by atoms with Crippen molar-refractivity contribution >= 4 is 54.7 Å². The number of carbonyl (C=O) groups is 1. The molecule has 0 aliphatic carbocycles. The van der Waals surface area contributed by atoms with Crippen LogP contribution >= 0.6 is 43.2 Å². The Balaban J connectivity index is 2.45. The Labute approximate surface area is 114 Å². The Hall–Kier alpha value is -0.650. The van der Waals surface area contributed by atoms with Crippen LogP contribution in [-0.2, 0) is 0 Å². The number of thiophene rings is 1. The number of nitrogens with two attached hydrogens (primary N) is 1. The van der Waals surface area contributed by atoms with Crippen molar-refractivity contribution in [1.82, 2.24) is 0 Å². The van der Waals surface area contributed by atoms with Crippen molar-refractivity contribution in [3.05, 3.63) is 49.0 Å². The maximum atomic E-state index is 12.1. The zero-order valence-corrected chi connectivity index (χ0v) is 12.0. The topological polar surface area (TPSA) is 43.1 Å². The average Bonchev–Trinajstić information content (AvgIpc) is 2.62. The predicted molar refractivity (Wildman–Crippen MR) is 74.0 cm³/mol. The Morgan fingerprint density at radius 1 is 1.19 bits per heavy atom. The van der Waals surface area contributed by atoms with Crippen LogP contribution in [0.25, 0.3) is 0 Å². The van der Waals surface area contributed by atoms with Gasteiger partial charge in [-0.1, -0.05) is 15.9 Å². The average molecular weight is 361 g/mol. The zero-order chi connectivity index (χ0) is 11.7. The zero-order valence-electron chi connectivity index (χ0n) is 8.04. The van der Waals surface area contributed by atoms with Gasteiger partial charge in [0.05, 0.1) is 0 Å². The van der Waals surface area contributed by atoms with Crippen LogP contribution in [0.5, 0.6) is 0 Å². The second-order valence-corrected chi connectivity index (χ2v) is 5.75. The Morgan fingerprint density at radius 3 is 2.50 bits per heavy atom. The van der Waals surface area contributed by atoms with Crippen molar-refractivity contribution in [2.45, 2.75) is 0 Å². The molecule has 5 heteroatoms. The number of hydrogen-bond donors (Lipinski definition) is 1. The highest BCUT2D eigenvalue weighted by Gasteiger charge is 2.14. The van der Waals surface area contributed by atoms with Crippen molar-refractivity contribution in [2.24, 2.45) is 0 Å². The molecule has 0 atom stereocenters. The number of hydrogen-bond acceptors (Lipinski definition) is 3. The van der Waals surface area contributed by atoms with Crippen molar-refractivity contribution in [3.8, 4) is 0 Å². The highest BCUT2D eigenvalue weighted by Crippen LogP contribution is 2.26. The largest absolute Gasteiger partial charge is 0.399 e. The Bertz CT molecular complexity index is 530. The molecule has 0 aliphatic rings. The van der Waals surface area contributed by atoms with Crippen LogP contribution in [0.2, 0.25) is 0 Å². The minimum atomic E-state index is -0.0267. The SMILES string of the molecule is Nc1cc(Br)cc(C(=O)c2cscc2Br)c1. The summed E-state index contributed by atoms with van der Waals surface area (Å²) < 4.78 is 1.63. The third-order valence-electron chi connectivity index (χ3n) is 2.04. The Morgan fingerprint density at radius 2 is 1.94 bits per heavy atom. The van der Waals surface area contributed by atoms with E-state index in [1.807, 2.05) is 10.8 Å². The van der Waals surface area contributed by atoms with Crippen molar-refractivity contribution in [1.29, 1.82) is 0 Å². The molecule has 0 saturated heterocycles. The van der Waals surface area contributed by atoms with Gasteiger partial charge in [0.1, 0.15) is 0 Å². The van der Waals surface area contributed by atoms with E-state index in [1.165, 1.54) is 11.3 Å². The second kappa shape index (κ2) is 4.69. The fourth-order valence-corrected chi connectivity index (χ4v) is 3.31. The van der Waals surface area contributed by atoms with Gasteiger partial charge in [0.2, 0.25) is 0 Å². The third-order valence-corrected chi connectivity index (χ3v) is 4.20. The summed E-state index contributed by atoms with van der Waals surface area (Å²) in [5.41, 5.74) is 7.53. The van der Waals surface area contributed by atoms with Gasteiger partial charge in [-0.15, -0.1) is 0 Å². The maximum absolute atomic E-state index is 12.1. The van der Waals surface area contributed by atoms with Gasteiger partial charge >= 0.3 is 0 Å². The summed E-state index contributed by atoms with van der Waals surface area (Å²) in [6, 6.07) is 5.21. The molecule has 0 radical (unpaired) electrons. The molecule has 16 heavy (non-hydrogen) atoms. The van der Waals surface area contributed by atoms with E-state index in [-0.39, 0.29) is 5.78 Å². The van der Waals surface area contributed by atoms with E-state index in [4.69, 9.17) is 5.73 Å². The van der Waals surface area contributed by atoms with E-state index in [9.17, 15) is 4.79 Å². The molecule has 2 nitrogen and oxygen atoms in total. The summed E-state index contributed by atoms with van der Waals surface area (Å²) in [5, 5.41) is 3.71. The molecule has 0 fully saturated rings. The van der Waals surface area contributed by atoms with Crippen LogP contribution in [-0.4, -0.2) is 5.78 Å². The number of nitrogen functional groups attached to an aromatic ring is 1. The van der Waals surface area contributed by atoms with Crippen molar-refractivity contribution in [3.63, 3.8) is 0 Å². The molecule has 0 spiro atoms. The molecule has 2 N–H and O–H groups in total. The lowest BCUT2D eigenvalue weighted by Gasteiger charge is -2.02. The van der Waals surface area contributed by atoms with Gasteiger partial charge in [0.15, 0.2) is 5.78 Å². The van der Waals surface area contributed by atoms with Gasteiger partial charge in [0, 0.05) is 36.5 Å². The molecule has 2 rings (SSSR count). The van der Waals surface area contributed by atoms with Crippen LogP contribution in [0.4, 0.5) is 5.69 Å². The number of benzene rings is 1. The van der Waals surface area contributed by atoms with Gasteiger partial charge in [-0.3, -0.25) is 4.79 Å². The highest BCUT2D eigenvalue weighted by molar-refractivity contribution is 9.10. The van der Waals surface area contributed by atoms with E-state index in [0.29, 0.717) is 16.8 Å². The molecular weight excluding hydrogens is 354 g/mol. The lowest BCUT2D eigenvalue weighted by molar-refractivity contribution is 0.103. The fraction of sp³-hybridized carbons (Fsp3) is 0. The lowest BCUT2D eigenvalue weighted by atomic mass is 10.1. The molecular formula is C11H7Br2NOS. The third kappa shape index (κ3) is 2.36. The molecule has 0 unspecified atom stereocenters. The molecule has 1 aromatic heterocycles. The Kier molecular flexibility index (Phi) is 3.47. The van der Waals surface area contributed by atoms with Crippen molar-refractivity contribution < 1.29 is 4.79 Å². The van der Waals surface area contributed by atoms with E-state index >= 15 is 0 Å².